The molecule has 0 bridgehead atoms. The van der Waals surface area contributed by atoms with Crippen LogP contribution in [0.5, 0.6) is 5.75 Å². The zero-order valence-electron chi connectivity index (χ0n) is 5.58. The largest absolute Gasteiger partial charge is 0.412 e. The summed E-state index contributed by atoms with van der Waals surface area (Å²) in [6, 6.07) is 6.62. The molecule has 58 valence electrons. The van der Waals surface area contributed by atoms with E-state index in [0.717, 1.165) is 0 Å². The van der Waals surface area contributed by atoms with Crippen molar-refractivity contribution in [2.45, 2.75) is 0 Å². The molecule has 0 aliphatic carbocycles. The second kappa shape index (κ2) is 3.25. The number of benzene rings is 1. The van der Waals surface area contributed by atoms with Crippen LogP contribution in [-0.2, 0) is 0 Å². The Hall–Kier alpha value is -1.22. The summed E-state index contributed by atoms with van der Waals surface area (Å²) in [4.78, 5) is 10.3. The molecular weight excluding hydrogens is 166 g/mol. The Bertz CT molecular complexity index is 275. The smallest absolute Gasteiger partial charge is 0.409 e. The fraction of sp³-hybridized carbons (Fsp3) is 0. The van der Waals surface area contributed by atoms with E-state index in [9.17, 15) is 4.79 Å². The third-order valence-corrected chi connectivity index (χ3v) is 1.19. The molecule has 11 heavy (non-hydrogen) atoms. The van der Waals surface area contributed by atoms with Gasteiger partial charge in [0.25, 0.3) is 0 Å². The first-order valence-electron chi connectivity index (χ1n) is 2.92. The Morgan fingerprint density at radius 2 is 2.09 bits per heavy atom. The Kier molecular flexibility index (Phi) is 2.33. The van der Waals surface area contributed by atoms with Crippen LogP contribution in [0.2, 0.25) is 0 Å². The molecule has 0 aliphatic rings. The second-order valence-corrected chi connectivity index (χ2v) is 2.19. The average Bonchev–Trinajstić information content (AvgIpc) is 1.93. The van der Waals surface area contributed by atoms with Crippen molar-refractivity contribution in [3.05, 3.63) is 24.3 Å². The van der Waals surface area contributed by atoms with Gasteiger partial charge in [-0.3, -0.25) is 0 Å². The van der Waals surface area contributed by atoms with Gasteiger partial charge in [-0.25, -0.2) is 4.79 Å². The molecule has 0 amide bonds. The number of halogens is 1. The molecule has 1 aromatic rings. The van der Waals surface area contributed by atoms with E-state index in [0.29, 0.717) is 5.69 Å². The van der Waals surface area contributed by atoms with Gasteiger partial charge in [-0.15, -0.1) is 0 Å². The Morgan fingerprint density at radius 1 is 1.45 bits per heavy atom. The maximum atomic E-state index is 10.3. The van der Waals surface area contributed by atoms with E-state index in [4.69, 9.17) is 17.3 Å². The summed E-state index contributed by atoms with van der Waals surface area (Å²) < 4.78 is 4.55. The molecule has 0 aromatic heterocycles. The van der Waals surface area contributed by atoms with E-state index in [2.05, 4.69) is 4.74 Å². The minimum atomic E-state index is -0.886. The van der Waals surface area contributed by atoms with Crippen LogP contribution < -0.4 is 10.5 Å². The summed E-state index contributed by atoms with van der Waals surface area (Å²) in [6.07, 6.45) is 0. The van der Waals surface area contributed by atoms with Crippen LogP contribution in [0.1, 0.15) is 0 Å². The fourth-order valence-electron chi connectivity index (χ4n) is 0.660. The van der Waals surface area contributed by atoms with Gasteiger partial charge in [0.1, 0.15) is 0 Å². The molecular formula is C7H6ClNO2. The number of nitrogens with two attached hydrogens (primary N) is 1. The third-order valence-electron chi connectivity index (χ3n) is 1.11. The zero-order chi connectivity index (χ0) is 8.27. The van der Waals surface area contributed by atoms with Crippen molar-refractivity contribution >= 4 is 22.7 Å². The van der Waals surface area contributed by atoms with Crippen molar-refractivity contribution in [1.29, 1.82) is 0 Å². The van der Waals surface area contributed by atoms with Gasteiger partial charge in [0.2, 0.25) is 0 Å². The summed E-state index contributed by atoms with van der Waals surface area (Å²) in [7, 11) is 0. The van der Waals surface area contributed by atoms with E-state index in [1.807, 2.05) is 0 Å². The predicted molar refractivity (Wildman–Crippen MR) is 42.7 cm³/mol. The fourth-order valence-corrected chi connectivity index (χ4v) is 0.743. The van der Waals surface area contributed by atoms with Crippen molar-refractivity contribution in [2.24, 2.45) is 0 Å². The predicted octanol–water partition coefficient (Wildman–Crippen LogP) is 2.01. The van der Waals surface area contributed by atoms with E-state index >= 15 is 0 Å². The minimum Gasteiger partial charge on any atom is -0.412 e. The maximum Gasteiger partial charge on any atom is 0.409 e. The van der Waals surface area contributed by atoms with Crippen LogP contribution in [0, 0.1) is 0 Å². The van der Waals surface area contributed by atoms with Gasteiger partial charge in [0.15, 0.2) is 5.75 Å². The Labute approximate surface area is 68.7 Å². The van der Waals surface area contributed by atoms with Gasteiger partial charge < -0.3 is 10.5 Å². The van der Waals surface area contributed by atoms with E-state index in [1.54, 1.807) is 24.3 Å². The van der Waals surface area contributed by atoms with Crippen LogP contribution in [0.25, 0.3) is 0 Å². The number of para-hydroxylation sites is 2. The number of hydrogen-bond acceptors (Lipinski definition) is 3. The van der Waals surface area contributed by atoms with Crippen molar-refractivity contribution in [1.82, 2.24) is 0 Å². The molecule has 0 atom stereocenters. The van der Waals surface area contributed by atoms with Gasteiger partial charge in [-0.05, 0) is 12.1 Å². The average molecular weight is 172 g/mol. The number of carbonyl (C=O) groups is 1. The Balaban J connectivity index is 2.86. The van der Waals surface area contributed by atoms with Gasteiger partial charge in [-0.2, -0.15) is 0 Å². The third kappa shape index (κ3) is 2.13. The lowest BCUT2D eigenvalue weighted by molar-refractivity contribution is 0.226. The number of anilines is 1. The highest BCUT2D eigenvalue weighted by Crippen LogP contribution is 2.20. The van der Waals surface area contributed by atoms with Gasteiger partial charge in [0.05, 0.1) is 5.69 Å². The first-order chi connectivity index (χ1) is 5.20. The monoisotopic (exact) mass is 171 g/mol. The molecule has 2 N–H and O–H groups in total. The molecule has 0 spiro atoms. The van der Waals surface area contributed by atoms with E-state index in [-0.39, 0.29) is 5.75 Å². The normalized spacial score (nSPS) is 9.18. The van der Waals surface area contributed by atoms with E-state index < -0.39 is 5.43 Å². The SMILES string of the molecule is Nc1ccccc1OC(=O)Cl. The second-order valence-electron chi connectivity index (χ2n) is 1.88. The van der Waals surface area contributed by atoms with E-state index in [1.165, 1.54) is 0 Å². The molecule has 1 rings (SSSR count). The van der Waals surface area contributed by atoms with Crippen molar-refractivity contribution < 1.29 is 9.53 Å². The molecule has 0 heterocycles. The minimum absolute atomic E-state index is 0.285. The standard InChI is InChI=1S/C7H6ClNO2/c8-7(10)11-6-4-2-1-3-5(6)9/h1-4H,9H2. The number of ether oxygens (including phenoxy) is 1. The molecule has 0 aliphatic heterocycles. The zero-order valence-corrected chi connectivity index (χ0v) is 6.34. The van der Waals surface area contributed by atoms with Crippen molar-refractivity contribution in [3.8, 4) is 5.75 Å². The molecule has 1 aromatic carbocycles. The lowest BCUT2D eigenvalue weighted by atomic mass is 10.3. The summed E-state index contributed by atoms with van der Waals surface area (Å²) in [5.41, 5.74) is 4.94. The highest BCUT2D eigenvalue weighted by atomic mass is 35.5. The molecule has 0 unspecified atom stereocenters. The summed E-state index contributed by atoms with van der Waals surface area (Å²) in [5.74, 6) is 0.285. The first-order valence-corrected chi connectivity index (χ1v) is 3.30. The van der Waals surface area contributed by atoms with Gasteiger partial charge in [-0.1, -0.05) is 12.1 Å². The molecule has 4 heteroatoms. The molecule has 3 nitrogen and oxygen atoms in total. The molecule has 0 fully saturated rings. The topological polar surface area (TPSA) is 52.3 Å². The maximum absolute atomic E-state index is 10.3. The van der Waals surface area contributed by atoms with Crippen LogP contribution in [0.3, 0.4) is 0 Å². The van der Waals surface area contributed by atoms with Crippen LogP contribution >= 0.6 is 11.6 Å². The van der Waals surface area contributed by atoms with Crippen LogP contribution in [-0.4, -0.2) is 5.43 Å². The van der Waals surface area contributed by atoms with Gasteiger partial charge in [0, 0.05) is 11.6 Å². The first kappa shape index (κ1) is 7.88. The highest BCUT2D eigenvalue weighted by Gasteiger charge is 2.01. The molecule has 0 radical (unpaired) electrons. The number of rotatable bonds is 1. The van der Waals surface area contributed by atoms with Crippen LogP contribution in [0.15, 0.2) is 24.3 Å². The lowest BCUT2D eigenvalue weighted by Crippen LogP contribution is -1.99. The van der Waals surface area contributed by atoms with Crippen molar-refractivity contribution in [3.63, 3.8) is 0 Å². The van der Waals surface area contributed by atoms with Crippen molar-refractivity contribution in [2.75, 3.05) is 5.73 Å². The number of nitrogen functional groups attached to an aromatic ring is 1. The summed E-state index contributed by atoms with van der Waals surface area (Å²) in [5, 5.41) is 0. The number of carbonyl (C=O) groups excluding carboxylic acids is 1. The van der Waals surface area contributed by atoms with Gasteiger partial charge >= 0.3 is 5.43 Å². The summed E-state index contributed by atoms with van der Waals surface area (Å²) >= 11 is 4.97. The lowest BCUT2D eigenvalue weighted by Gasteiger charge is -2.01. The molecule has 0 saturated heterocycles. The quantitative estimate of drug-likeness (QED) is 0.520. The highest BCUT2D eigenvalue weighted by molar-refractivity contribution is 6.61. The summed E-state index contributed by atoms with van der Waals surface area (Å²) in [6.45, 7) is 0. The number of hydrogen-bond donors (Lipinski definition) is 1. The Morgan fingerprint density at radius 3 is 2.64 bits per heavy atom. The molecule has 0 saturated carbocycles. The van der Waals surface area contributed by atoms with Crippen LogP contribution in [0.4, 0.5) is 10.5 Å².